The largest absolute Gasteiger partial charge is 0.398 e. The van der Waals surface area contributed by atoms with E-state index in [1.807, 2.05) is 18.2 Å². The standard InChI is InChI=1S/C10H8BrN3/c11-7-6-14-10(5-8(7)12)9-3-1-2-4-13-9/h1-6H,(H2,12,14). The Kier molecular flexibility index (Phi) is 2.45. The number of nitrogen functional groups attached to an aromatic ring is 1. The third-order valence-corrected chi connectivity index (χ3v) is 2.47. The topological polar surface area (TPSA) is 51.8 Å². The van der Waals surface area contributed by atoms with Crippen LogP contribution in [-0.2, 0) is 0 Å². The van der Waals surface area contributed by atoms with Crippen molar-refractivity contribution >= 4 is 21.6 Å². The Morgan fingerprint density at radius 2 is 2.00 bits per heavy atom. The number of rotatable bonds is 1. The lowest BCUT2D eigenvalue weighted by molar-refractivity contribution is 1.24. The van der Waals surface area contributed by atoms with E-state index in [1.165, 1.54) is 0 Å². The fourth-order valence-corrected chi connectivity index (χ4v) is 1.33. The molecule has 0 amide bonds. The summed E-state index contributed by atoms with van der Waals surface area (Å²) < 4.78 is 0.803. The van der Waals surface area contributed by atoms with Gasteiger partial charge in [0, 0.05) is 18.1 Å². The first-order valence-corrected chi connectivity index (χ1v) is 4.89. The monoisotopic (exact) mass is 249 g/mol. The van der Waals surface area contributed by atoms with Crippen LogP contribution in [0.2, 0.25) is 0 Å². The fraction of sp³-hybridized carbons (Fsp3) is 0. The number of aromatic nitrogens is 2. The van der Waals surface area contributed by atoms with Crippen LogP contribution in [0, 0.1) is 0 Å². The predicted octanol–water partition coefficient (Wildman–Crippen LogP) is 2.49. The fourth-order valence-electron chi connectivity index (χ4n) is 1.11. The molecule has 2 rings (SSSR count). The van der Waals surface area contributed by atoms with E-state index in [9.17, 15) is 0 Å². The normalized spacial score (nSPS) is 10.1. The van der Waals surface area contributed by atoms with Crippen LogP contribution < -0.4 is 5.73 Å². The van der Waals surface area contributed by atoms with Crippen molar-refractivity contribution in [3.05, 3.63) is 41.1 Å². The van der Waals surface area contributed by atoms with Crippen molar-refractivity contribution in [1.82, 2.24) is 9.97 Å². The van der Waals surface area contributed by atoms with E-state index < -0.39 is 0 Å². The molecule has 0 bridgehead atoms. The number of halogens is 1. The highest BCUT2D eigenvalue weighted by Crippen LogP contribution is 2.22. The minimum absolute atomic E-state index is 0.667. The molecule has 4 heteroatoms. The summed E-state index contributed by atoms with van der Waals surface area (Å²) in [6.45, 7) is 0. The van der Waals surface area contributed by atoms with Crippen molar-refractivity contribution < 1.29 is 0 Å². The van der Waals surface area contributed by atoms with Crippen molar-refractivity contribution in [1.29, 1.82) is 0 Å². The molecule has 0 spiro atoms. The molecule has 0 radical (unpaired) electrons. The van der Waals surface area contributed by atoms with Crippen LogP contribution in [0.3, 0.4) is 0 Å². The average Bonchev–Trinajstić information content (AvgIpc) is 2.23. The van der Waals surface area contributed by atoms with Gasteiger partial charge in [0.2, 0.25) is 0 Å². The summed E-state index contributed by atoms with van der Waals surface area (Å²) in [5.41, 5.74) is 8.02. The number of nitrogens with two attached hydrogens (primary N) is 1. The quantitative estimate of drug-likeness (QED) is 0.845. The minimum atomic E-state index is 0.667. The van der Waals surface area contributed by atoms with Gasteiger partial charge in [0.05, 0.1) is 15.9 Å². The van der Waals surface area contributed by atoms with Gasteiger partial charge in [0.15, 0.2) is 0 Å². The zero-order chi connectivity index (χ0) is 9.97. The van der Waals surface area contributed by atoms with E-state index in [0.717, 1.165) is 15.9 Å². The summed E-state index contributed by atoms with van der Waals surface area (Å²) in [4.78, 5) is 8.41. The van der Waals surface area contributed by atoms with Gasteiger partial charge < -0.3 is 5.73 Å². The average molecular weight is 250 g/mol. The van der Waals surface area contributed by atoms with Crippen LogP contribution in [-0.4, -0.2) is 9.97 Å². The van der Waals surface area contributed by atoms with Crippen LogP contribution >= 0.6 is 15.9 Å². The van der Waals surface area contributed by atoms with Crippen LogP contribution in [0.25, 0.3) is 11.4 Å². The number of hydrogen-bond acceptors (Lipinski definition) is 3. The summed E-state index contributed by atoms with van der Waals surface area (Å²) >= 11 is 3.29. The molecular weight excluding hydrogens is 242 g/mol. The smallest absolute Gasteiger partial charge is 0.0907 e. The van der Waals surface area contributed by atoms with Crippen LogP contribution in [0.5, 0.6) is 0 Å². The van der Waals surface area contributed by atoms with Gasteiger partial charge in [-0.1, -0.05) is 6.07 Å². The van der Waals surface area contributed by atoms with E-state index in [4.69, 9.17) is 5.73 Å². The lowest BCUT2D eigenvalue weighted by Crippen LogP contribution is -1.91. The molecule has 2 heterocycles. The van der Waals surface area contributed by atoms with Crippen molar-refractivity contribution in [2.24, 2.45) is 0 Å². The molecule has 0 saturated heterocycles. The maximum absolute atomic E-state index is 5.74. The Morgan fingerprint density at radius 3 is 2.64 bits per heavy atom. The number of nitrogens with zero attached hydrogens (tertiary/aromatic N) is 2. The number of hydrogen-bond donors (Lipinski definition) is 1. The Bertz CT molecular complexity index is 442. The summed E-state index contributed by atoms with van der Waals surface area (Å²) in [6.07, 6.45) is 3.41. The molecule has 0 aliphatic heterocycles. The van der Waals surface area contributed by atoms with E-state index in [0.29, 0.717) is 5.69 Å². The molecule has 0 aliphatic carbocycles. The second-order valence-corrected chi connectivity index (χ2v) is 3.66. The molecule has 70 valence electrons. The van der Waals surface area contributed by atoms with Crippen LogP contribution in [0.4, 0.5) is 5.69 Å². The highest BCUT2D eigenvalue weighted by Gasteiger charge is 2.02. The SMILES string of the molecule is Nc1cc(-c2ccccn2)ncc1Br. The Morgan fingerprint density at radius 1 is 1.14 bits per heavy atom. The van der Waals surface area contributed by atoms with Crippen molar-refractivity contribution in [2.75, 3.05) is 5.73 Å². The molecule has 2 aromatic heterocycles. The second kappa shape index (κ2) is 3.75. The van der Waals surface area contributed by atoms with Gasteiger partial charge >= 0.3 is 0 Å². The van der Waals surface area contributed by atoms with E-state index in [-0.39, 0.29) is 0 Å². The lowest BCUT2D eigenvalue weighted by atomic mass is 10.2. The zero-order valence-corrected chi connectivity index (χ0v) is 8.90. The highest BCUT2D eigenvalue weighted by molar-refractivity contribution is 9.10. The number of anilines is 1. The summed E-state index contributed by atoms with van der Waals surface area (Å²) in [5, 5.41) is 0. The molecule has 0 aliphatic rings. The first-order chi connectivity index (χ1) is 6.77. The predicted molar refractivity (Wildman–Crippen MR) is 59.6 cm³/mol. The molecule has 0 aromatic carbocycles. The molecule has 0 saturated carbocycles. The minimum Gasteiger partial charge on any atom is -0.398 e. The second-order valence-electron chi connectivity index (χ2n) is 2.81. The first kappa shape index (κ1) is 9.15. The molecular formula is C10H8BrN3. The third-order valence-electron chi connectivity index (χ3n) is 1.81. The van der Waals surface area contributed by atoms with Crippen LogP contribution in [0.1, 0.15) is 0 Å². The van der Waals surface area contributed by atoms with E-state index >= 15 is 0 Å². The van der Waals surface area contributed by atoms with Gasteiger partial charge in [-0.2, -0.15) is 0 Å². The molecule has 2 aromatic rings. The number of pyridine rings is 2. The van der Waals surface area contributed by atoms with Gasteiger partial charge in [0.25, 0.3) is 0 Å². The van der Waals surface area contributed by atoms with Gasteiger partial charge in [0.1, 0.15) is 0 Å². The molecule has 0 fully saturated rings. The maximum atomic E-state index is 5.74. The van der Waals surface area contributed by atoms with Gasteiger partial charge in [-0.05, 0) is 34.1 Å². The molecule has 14 heavy (non-hydrogen) atoms. The zero-order valence-electron chi connectivity index (χ0n) is 7.31. The molecule has 0 atom stereocenters. The lowest BCUT2D eigenvalue weighted by Gasteiger charge is -2.01. The highest BCUT2D eigenvalue weighted by atomic mass is 79.9. The Hall–Kier alpha value is -1.42. The maximum Gasteiger partial charge on any atom is 0.0907 e. The van der Waals surface area contributed by atoms with E-state index in [2.05, 4.69) is 25.9 Å². The Labute approximate surface area is 90.1 Å². The van der Waals surface area contributed by atoms with Gasteiger partial charge in [-0.25, -0.2) is 0 Å². The first-order valence-electron chi connectivity index (χ1n) is 4.10. The Balaban J connectivity index is 2.48. The van der Waals surface area contributed by atoms with E-state index in [1.54, 1.807) is 18.5 Å². The molecule has 2 N–H and O–H groups in total. The third kappa shape index (κ3) is 1.75. The van der Waals surface area contributed by atoms with Crippen molar-refractivity contribution in [2.45, 2.75) is 0 Å². The summed E-state index contributed by atoms with van der Waals surface area (Å²) in [7, 11) is 0. The van der Waals surface area contributed by atoms with Crippen molar-refractivity contribution in [3.8, 4) is 11.4 Å². The van der Waals surface area contributed by atoms with Gasteiger partial charge in [-0.3, -0.25) is 9.97 Å². The summed E-state index contributed by atoms with van der Waals surface area (Å²) in [6, 6.07) is 7.48. The van der Waals surface area contributed by atoms with Gasteiger partial charge in [-0.15, -0.1) is 0 Å². The summed E-state index contributed by atoms with van der Waals surface area (Å²) in [5.74, 6) is 0. The van der Waals surface area contributed by atoms with Crippen molar-refractivity contribution in [3.63, 3.8) is 0 Å². The molecule has 0 unspecified atom stereocenters. The molecule has 3 nitrogen and oxygen atoms in total. The van der Waals surface area contributed by atoms with Crippen LogP contribution in [0.15, 0.2) is 41.1 Å².